The van der Waals surface area contributed by atoms with E-state index >= 15 is 0 Å². The zero-order valence-electron chi connectivity index (χ0n) is 10.5. The second-order valence-corrected chi connectivity index (χ2v) is 4.92. The maximum atomic E-state index is 5.97. The highest BCUT2D eigenvalue weighted by molar-refractivity contribution is 7.80. The first-order valence-electron chi connectivity index (χ1n) is 6.15. The van der Waals surface area contributed by atoms with Gasteiger partial charge in [0, 0.05) is 19.7 Å². The number of aromatic nitrogens is 1. The van der Waals surface area contributed by atoms with Gasteiger partial charge in [0.05, 0.1) is 6.10 Å². The lowest BCUT2D eigenvalue weighted by atomic mass is 9.95. The number of hydrogen-bond donors (Lipinski definition) is 1. The lowest BCUT2D eigenvalue weighted by Gasteiger charge is -2.29. The number of ether oxygens (including phenoxy) is 2. The summed E-state index contributed by atoms with van der Waals surface area (Å²) in [7, 11) is 1.75. The van der Waals surface area contributed by atoms with Gasteiger partial charge in [-0.1, -0.05) is 12.2 Å². The Labute approximate surface area is 112 Å². The minimum Gasteiger partial charge on any atom is -0.488 e. The molecule has 0 aromatic carbocycles. The van der Waals surface area contributed by atoms with Gasteiger partial charge in [-0.15, -0.1) is 0 Å². The van der Waals surface area contributed by atoms with Crippen LogP contribution < -0.4 is 10.5 Å². The van der Waals surface area contributed by atoms with Crippen LogP contribution in [0.3, 0.4) is 0 Å². The molecule has 1 aromatic heterocycles. The van der Waals surface area contributed by atoms with Crippen LogP contribution in [0.2, 0.25) is 0 Å². The van der Waals surface area contributed by atoms with E-state index < -0.39 is 0 Å². The predicted octanol–water partition coefficient (Wildman–Crippen LogP) is 2.05. The Morgan fingerprint density at radius 1 is 1.44 bits per heavy atom. The SMILES string of the molecule is COC1CCCC(Oc2cccnc2C(N)=S)C1. The second kappa shape index (κ2) is 6.11. The fourth-order valence-corrected chi connectivity index (χ4v) is 2.43. The summed E-state index contributed by atoms with van der Waals surface area (Å²) in [6.45, 7) is 0. The van der Waals surface area contributed by atoms with Gasteiger partial charge in [0.15, 0.2) is 0 Å². The third-order valence-electron chi connectivity index (χ3n) is 3.21. The Hall–Kier alpha value is -1.20. The summed E-state index contributed by atoms with van der Waals surface area (Å²) in [5.41, 5.74) is 6.20. The van der Waals surface area contributed by atoms with E-state index in [1.54, 1.807) is 13.3 Å². The standard InChI is InChI=1S/C13H18N2O2S/c1-16-9-4-2-5-10(8-9)17-11-6-3-7-15-12(11)13(14)18/h3,6-7,9-10H,2,4-5,8H2,1H3,(H2,14,18). The lowest BCUT2D eigenvalue weighted by molar-refractivity contribution is 0.0208. The molecule has 0 aliphatic heterocycles. The van der Waals surface area contributed by atoms with Crippen LogP contribution in [0.1, 0.15) is 31.4 Å². The molecule has 5 heteroatoms. The van der Waals surface area contributed by atoms with E-state index in [1.165, 1.54) is 0 Å². The molecule has 18 heavy (non-hydrogen) atoms. The minimum absolute atomic E-state index is 0.154. The summed E-state index contributed by atoms with van der Waals surface area (Å²) in [6, 6.07) is 3.69. The van der Waals surface area contributed by atoms with Gasteiger partial charge in [-0.05, 0) is 31.4 Å². The molecule has 0 radical (unpaired) electrons. The highest BCUT2D eigenvalue weighted by atomic mass is 32.1. The van der Waals surface area contributed by atoms with Gasteiger partial charge in [0.25, 0.3) is 0 Å². The summed E-state index contributed by atoms with van der Waals surface area (Å²) in [5, 5.41) is 0. The van der Waals surface area contributed by atoms with E-state index in [0.717, 1.165) is 25.7 Å². The Kier molecular flexibility index (Phi) is 4.49. The molecule has 1 aliphatic rings. The molecule has 1 heterocycles. The van der Waals surface area contributed by atoms with E-state index in [2.05, 4.69) is 4.98 Å². The van der Waals surface area contributed by atoms with Crippen molar-refractivity contribution in [1.82, 2.24) is 4.98 Å². The average Bonchev–Trinajstić information content (AvgIpc) is 2.39. The molecule has 0 spiro atoms. The first kappa shape index (κ1) is 13.2. The number of pyridine rings is 1. The molecule has 1 aromatic rings. The molecule has 2 rings (SSSR count). The molecular weight excluding hydrogens is 248 g/mol. The summed E-state index contributed by atoms with van der Waals surface area (Å²) in [4.78, 5) is 4.43. The van der Waals surface area contributed by atoms with Crippen molar-refractivity contribution < 1.29 is 9.47 Å². The zero-order valence-corrected chi connectivity index (χ0v) is 11.3. The molecule has 0 amide bonds. The number of rotatable bonds is 4. The Morgan fingerprint density at radius 3 is 2.94 bits per heavy atom. The molecule has 4 nitrogen and oxygen atoms in total. The normalized spacial score (nSPS) is 23.6. The zero-order chi connectivity index (χ0) is 13.0. The van der Waals surface area contributed by atoms with E-state index in [-0.39, 0.29) is 17.2 Å². The lowest BCUT2D eigenvalue weighted by Crippen LogP contribution is -2.30. The molecule has 98 valence electrons. The van der Waals surface area contributed by atoms with Crippen molar-refractivity contribution in [3.63, 3.8) is 0 Å². The number of nitrogens with zero attached hydrogens (tertiary/aromatic N) is 1. The van der Waals surface area contributed by atoms with Crippen molar-refractivity contribution in [3.8, 4) is 5.75 Å². The predicted molar refractivity (Wildman–Crippen MR) is 73.8 cm³/mol. The van der Waals surface area contributed by atoms with Gasteiger partial charge in [0.1, 0.15) is 22.5 Å². The van der Waals surface area contributed by atoms with Gasteiger partial charge in [-0.3, -0.25) is 0 Å². The van der Waals surface area contributed by atoms with Crippen molar-refractivity contribution in [2.75, 3.05) is 7.11 Å². The van der Waals surface area contributed by atoms with Gasteiger partial charge in [-0.2, -0.15) is 0 Å². The topological polar surface area (TPSA) is 57.4 Å². The van der Waals surface area contributed by atoms with E-state index in [4.69, 9.17) is 27.4 Å². The minimum atomic E-state index is 0.154. The monoisotopic (exact) mass is 266 g/mol. The van der Waals surface area contributed by atoms with Crippen LogP contribution in [0.15, 0.2) is 18.3 Å². The van der Waals surface area contributed by atoms with Crippen LogP contribution in [-0.2, 0) is 4.74 Å². The van der Waals surface area contributed by atoms with Gasteiger partial charge < -0.3 is 15.2 Å². The fraction of sp³-hybridized carbons (Fsp3) is 0.538. The molecule has 1 saturated carbocycles. The quantitative estimate of drug-likeness (QED) is 0.845. The highest BCUT2D eigenvalue weighted by Crippen LogP contribution is 2.26. The van der Waals surface area contributed by atoms with E-state index in [0.29, 0.717) is 11.4 Å². The maximum Gasteiger partial charge on any atom is 0.148 e. The highest BCUT2D eigenvalue weighted by Gasteiger charge is 2.24. The third-order valence-corrected chi connectivity index (χ3v) is 3.40. The van der Waals surface area contributed by atoms with Crippen LogP contribution in [0.4, 0.5) is 0 Å². The molecular formula is C13H18N2O2S. The molecule has 0 bridgehead atoms. The first-order chi connectivity index (χ1) is 8.70. The number of hydrogen-bond acceptors (Lipinski definition) is 4. The van der Waals surface area contributed by atoms with Crippen molar-refractivity contribution >= 4 is 17.2 Å². The van der Waals surface area contributed by atoms with Gasteiger partial charge >= 0.3 is 0 Å². The molecule has 2 atom stereocenters. The smallest absolute Gasteiger partial charge is 0.148 e. The summed E-state index contributed by atoms with van der Waals surface area (Å²) < 4.78 is 11.4. The van der Waals surface area contributed by atoms with Crippen molar-refractivity contribution in [2.45, 2.75) is 37.9 Å². The second-order valence-electron chi connectivity index (χ2n) is 4.48. The largest absolute Gasteiger partial charge is 0.488 e. The molecule has 2 unspecified atom stereocenters. The van der Waals surface area contributed by atoms with Crippen LogP contribution in [0.5, 0.6) is 5.75 Å². The Balaban J connectivity index is 2.07. The van der Waals surface area contributed by atoms with Crippen LogP contribution in [0, 0.1) is 0 Å². The maximum absolute atomic E-state index is 5.97. The fourth-order valence-electron chi connectivity index (χ4n) is 2.27. The van der Waals surface area contributed by atoms with Crippen LogP contribution in [0.25, 0.3) is 0 Å². The average molecular weight is 266 g/mol. The Morgan fingerprint density at radius 2 is 2.22 bits per heavy atom. The van der Waals surface area contributed by atoms with Crippen molar-refractivity contribution in [2.24, 2.45) is 5.73 Å². The van der Waals surface area contributed by atoms with Crippen molar-refractivity contribution in [3.05, 3.63) is 24.0 Å². The van der Waals surface area contributed by atoms with Crippen LogP contribution in [-0.4, -0.2) is 29.3 Å². The Bertz CT molecular complexity index is 425. The molecule has 1 aliphatic carbocycles. The summed E-state index contributed by atoms with van der Waals surface area (Å²) in [5.74, 6) is 0.673. The summed E-state index contributed by atoms with van der Waals surface area (Å²) >= 11 is 4.97. The number of thiocarbonyl (C=S) groups is 1. The van der Waals surface area contributed by atoms with Gasteiger partial charge in [-0.25, -0.2) is 4.98 Å². The third kappa shape index (κ3) is 3.17. The molecule has 2 N–H and O–H groups in total. The van der Waals surface area contributed by atoms with Crippen LogP contribution >= 0.6 is 12.2 Å². The number of nitrogens with two attached hydrogens (primary N) is 1. The molecule has 0 saturated heterocycles. The van der Waals surface area contributed by atoms with E-state index in [9.17, 15) is 0 Å². The van der Waals surface area contributed by atoms with Gasteiger partial charge in [0.2, 0.25) is 0 Å². The molecule has 1 fully saturated rings. The summed E-state index contributed by atoms with van der Waals surface area (Å²) in [6.07, 6.45) is 6.26. The number of methoxy groups -OCH3 is 1. The first-order valence-corrected chi connectivity index (χ1v) is 6.55. The van der Waals surface area contributed by atoms with E-state index in [1.807, 2.05) is 12.1 Å². The van der Waals surface area contributed by atoms with Crippen molar-refractivity contribution in [1.29, 1.82) is 0 Å².